The minimum absolute atomic E-state index is 0.860. The van der Waals surface area contributed by atoms with E-state index in [0.717, 1.165) is 24.9 Å². The van der Waals surface area contributed by atoms with E-state index in [1.165, 1.54) is 38.8 Å². The summed E-state index contributed by atoms with van der Waals surface area (Å²) >= 11 is 0. The van der Waals surface area contributed by atoms with Crippen LogP contribution in [0.5, 0.6) is 0 Å². The molecule has 1 aliphatic heterocycles. The largest absolute Gasteiger partial charge is 0.353 e. The number of nitrogens with zero attached hydrogens (tertiary/aromatic N) is 4. The molecule has 17 heavy (non-hydrogen) atoms. The maximum Gasteiger partial charge on any atom is 0.147 e. The van der Waals surface area contributed by atoms with Crippen molar-refractivity contribution in [1.29, 1.82) is 0 Å². The molecule has 0 radical (unpaired) electrons. The second-order valence-electron chi connectivity index (χ2n) is 5.02. The van der Waals surface area contributed by atoms with Crippen molar-refractivity contribution in [3.05, 3.63) is 18.6 Å². The summed E-state index contributed by atoms with van der Waals surface area (Å²) in [6.07, 6.45) is 11.0. The van der Waals surface area contributed by atoms with E-state index in [0.29, 0.717) is 0 Å². The first-order valence-electron chi connectivity index (χ1n) is 6.68. The minimum atomic E-state index is 0.860. The minimum Gasteiger partial charge on any atom is -0.353 e. The molecule has 2 fully saturated rings. The first-order chi connectivity index (χ1) is 8.43. The molecule has 2 heterocycles. The van der Waals surface area contributed by atoms with Gasteiger partial charge < -0.3 is 4.90 Å². The molecule has 0 N–H and O–H groups in total. The molecule has 0 aromatic carbocycles. The van der Waals surface area contributed by atoms with Gasteiger partial charge in [-0.05, 0) is 12.8 Å². The SMILES string of the molecule is c1cnc(N2CCN(C3CCCC3)CC2)cn1. The molecule has 92 valence electrons. The molecule has 0 unspecified atom stereocenters. The fourth-order valence-electron chi connectivity index (χ4n) is 3.04. The van der Waals surface area contributed by atoms with Crippen LogP contribution in [-0.2, 0) is 0 Å². The summed E-state index contributed by atoms with van der Waals surface area (Å²) in [6, 6.07) is 0.860. The van der Waals surface area contributed by atoms with E-state index in [1.807, 2.05) is 6.20 Å². The zero-order valence-corrected chi connectivity index (χ0v) is 10.3. The van der Waals surface area contributed by atoms with Crippen molar-refractivity contribution in [3.63, 3.8) is 0 Å². The smallest absolute Gasteiger partial charge is 0.147 e. The molecule has 1 aromatic heterocycles. The Morgan fingerprint density at radius 3 is 2.41 bits per heavy atom. The molecule has 1 saturated carbocycles. The van der Waals surface area contributed by atoms with E-state index < -0.39 is 0 Å². The van der Waals surface area contributed by atoms with Gasteiger partial charge in [-0.1, -0.05) is 12.8 Å². The zero-order chi connectivity index (χ0) is 11.5. The lowest BCUT2D eigenvalue weighted by Gasteiger charge is -2.38. The van der Waals surface area contributed by atoms with Crippen molar-refractivity contribution >= 4 is 5.82 Å². The fraction of sp³-hybridized carbons (Fsp3) is 0.692. The van der Waals surface area contributed by atoms with Crippen LogP contribution >= 0.6 is 0 Å². The van der Waals surface area contributed by atoms with Crippen LogP contribution in [0.4, 0.5) is 5.82 Å². The van der Waals surface area contributed by atoms with Crippen molar-refractivity contribution in [2.45, 2.75) is 31.7 Å². The lowest BCUT2D eigenvalue weighted by Crippen LogP contribution is -2.50. The van der Waals surface area contributed by atoms with Crippen LogP contribution in [0.25, 0.3) is 0 Å². The predicted octanol–water partition coefficient (Wildman–Crippen LogP) is 1.54. The zero-order valence-electron chi connectivity index (χ0n) is 10.3. The van der Waals surface area contributed by atoms with Crippen molar-refractivity contribution in [2.24, 2.45) is 0 Å². The Labute approximate surface area is 103 Å². The fourth-order valence-corrected chi connectivity index (χ4v) is 3.04. The highest BCUT2D eigenvalue weighted by molar-refractivity contribution is 5.35. The number of aromatic nitrogens is 2. The van der Waals surface area contributed by atoms with Crippen LogP contribution in [0, 0.1) is 0 Å². The van der Waals surface area contributed by atoms with Gasteiger partial charge in [0.25, 0.3) is 0 Å². The molecule has 0 atom stereocenters. The maximum atomic E-state index is 4.37. The second kappa shape index (κ2) is 5.00. The van der Waals surface area contributed by atoms with Crippen molar-refractivity contribution in [3.8, 4) is 0 Å². The van der Waals surface area contributed by atoms with E-state index in [1.54, 1.807) is 12.4 Å². The summed E-state index contributed by atoms with van der Waals surface area (Å²) in [5.74, 6) is 1.03. The summed E-state index contributed by atoms with van der Waals surface area (Å²) in [6.45, 7) is 4.55. The van der Waals surface area contributed by atoms with Crippen LogP contribution in [-0.4, -0.2) is 47.1 Å². The summed E-state index contributed by atoms with van der Waals surface area (Å²) in [5, 5.41) is 0. The first-order valence-corrected chi connectivity index (χ1v) is 6.68. The van der Waals surface area contributed by atoms with E-state index >= 15 is 0 Å². The van der Waals surface area contributed by atoms with Gasteiger partial charge in [-0.25, -0.2) is 4.98 Å². The molecular formula is C13H20N4. The third-order valence-electron chi connectivity index (χ3n) is 4.03. The molecule has 0 spiro atoms. The molecule has 4 nitrogen and oxygen atoms in total. The van der Waals surface area contributed by atoms with Gasteiger partial charge in [0.2, 0.25) is 0 Å². The Kier molecular flexibility index (Phi) is 3.22. The average molecular weight is 232 g/mol. The van der Waals surface area contributed by atoms with Gasteiger partial charge in [-0.15, -0.1) is 0 Å². The van der Waals surface area contributed by atoms with E-state index in [2.05, 4.69) is 19.8 Å². The van der Waals surface area contributed by atoms with Crippen LogP contribution in [0.2, 0.25) is 0 Å². The highest BCUT2D eigenvalue weighted by Crippen LogP contribution is 2.24. The number of anilines is 1. The Morgan fingerprint density at radius 2 is 1.76 bits per heavy atom. The summed E-state index contributed by atoms with van der Waals surface area (Å²) in [5.41, 5.74) is 0. The molecule has 2 aliphatic rings. The third kappa shape index (κ3) is 2.41. The Bertz CT molecular complexity index is 340. The van der Waals surface area contributed by atoms with E-state index in [-0.39, 0.29) is 0 Å². The monoisotopic (exact) mass is 232 g/mol. The van der Waals surface area contributed by atoms with Gasteiger partial charge >= 0.3 is 0 Å². The van der Waals surface area contributed by atoms with Crippen LogP contribution in [0.3, 0.4) is 0 Å². The number of hydrogen-bond donors (Lipinski definition) is 0. The van der Waals surface area contributed by atoms with E-state index in [4.69, 9.17) is 0 Å². The number of hydrogen-bond acceptors (Lipinski definition) is 4. The highest BCUT2D eigenvalue weighted by Gasteiger charge is 2.26. The summed E-state index contributed by atoms with van der Waals surface area (Å²) in [7, 11) is 0. The molecule has 4 heteroatoms. The van der Waals surface area contributed by atoms with Gasteiger partial charge in [0.1, 0.15) is 5.82 Å². The second-order valence-corrected chi connectivity index (χ2v) is 5.02. The van der Waals surface area contributed by atoms with Gasteiger partial charge in [-0.3, -0.25) is 9.88 Å². The maximum absolute atomic E-state index is 4.37. The van der Waals surface area contributed by atoms with Crippen LogP contribution in [0.1, 0.15) is 25.7 Å². The quantitative estimate of drug-likeness (QED) is 0.774. The average Bonchev–Trinajstić information content (AvgIpc) is 2.94. The van der Waals surface area contributed by atoms with Crippen molar-refractivity contribution in [1.82, 2.24) is 14.9 Å². The molecular weight excluding hydrogens is 212 g/mol. The summed E-state index contributed by atoms with van der Waals surface area (Å²) < 4.78 is 0. The van der Waals surface area contributed by atoms with Gasteiger partial charge in [0.05, 0.1) is 6.20 Å². The lowest BCUT2D eigenvalue weighted by atomic mass is 10.2. The standard InChI is InChI=1S/C13H20N4/c1-2-4-12(3-1)16-7-9-17(10-8-16)13-11-14-5-6-15-13/h5-6,11-12H,1-4,7-10H2. The third-order valence-corrected chi connectivity index (χ3v) is 4.03. The predicted molar refractivity (Wildman–Crippen MR) is 68.1 cm³/mol. The van der Waals surface area contributed by atoms with Crippen LogP contribution in [0.15, 0.2) is 18.6 Å². The molecule has 1 saturated heterocycles. The number of rotatable bonds is 2. The van der Waals surface area contributed by atoms with Gasteiger partial charge in [0.15, 0.2) is 0 Å². The molecule has 1 aliphatic carbocycles. The molecule has 3 rings (SSSR count). The lowest BCUT2D eigenvalue weighted by molar-refractivity contribution is 0.187. The van der Waals surface area contributed by atoms with Gasteiger partial charge in [0, 0.05) is 44.6 Å². The topological polar surface area (TPSA) is 32.3 Å². The summed E-state index contributed by atoms with van der Waals surface area (Å²) in [4.78, 5) is 13.5. The molecule has 0 amide bonds. The van der Waals surface area contributed by atoms with Crippen molar-refractivity contribution < 1.29 is 0 Å². The van der Waals surface area contributed by atoms with Gasteiger partial charge in [-0.2, -0.15) is 0 Å². The Morgan fingerprint density at radius 1 is 1.00 bits per heavy atom. The van der Waals surface area contributed by atoms with Crippen LogP contribution < -0.4 is 4.90 Å². The Hall–Kier alpha value is -1.16. The first kappa shape index (κ1) is 11.0. The molecule has 1 aromatic rings. The van der Waals surface area contributed by atoms with E-state index in [9.17, 15) is 0 Å². The number of piperazine rings is 1. The normalized spacial score (nSPS) is 23.2. The molecule has 0 bridgehead atoms. The Balaban J connectivity index is 1.57. The highest BCUT2D eigenvalue weighted by atomic mass is 15.3. The van der Waals surface area contributed by atoms with Crippen molar-refractivity contribution in [2.75, 3.05) is 31.1 Å².